The molecule has 2 aromatic rings. The van der Waals surface area contributed by atoms with Gasteiger partial charge in [-0.1, -0.05) is 23.9 Å². The highest BCUT2D eigenvalue weighted by Crippen LogP contribution is 2.40. The summed E-state index contributed by atoms with van der Waals surface area (Å²) in [6.07, 6.45) is 3.56. The molecule has 0 bridgehead atoms. The minimum absolute atomic E-state index is 0.0377. The number of nitrogens with one attached hydrogen (secondary N) is 2. The number of allylic oxidation sites excluding steroid dienone is 1. The minimum Gasteiger partial charge on any atom is -0.462 e. The van der Waals surface area contributed by atoms with Crippen LogP contribution in [-0.2, 0) is 27.2 Å². The second-order valence-corrected chi connectivity index (χ2v) is 10.6. The number of thiophene rings is 1. The molecule has 2 aliphatic rings. The number of thioether (sulfide) groups is 1. The second kappa shape index (κ2) is 11.6. The van der Waals surface area contributed by atoms with Gasteiger partial charge in [-0.25, -0.2) is 4.79 Å². The molecule has 0 radical (unpaired) electrons. The number of hydrogen-bond donors (Lipinski definition) is 2. The molecule has 0 spiro atoms. The van der Waals surface area contributed by atoms with Gasteiger partial charge in [-0.3, -0.25) is 19.7 Å². The van der Waals surface area contributed by atoms with E-state index in [4.69, 9.17) is 4.74 Å². The van der Waals surface area contributed by atoms with Crippen molar-refractivity contribution in [2.75, 3.05) is 17.7 Å². The van der Waals surface area contributed by atoms with E-state index in [1.807, 2.05) is 0 Å². The number of benzene rings is 1. The number of nitriles is 1. The fraction of sp³-hybridized carbons (Fsp3) is 0.360. The van der Waals surface area contributed by atoms with Crippen molar-refractivity contribution in [1.82, 2.24) is 5.32 Å². The standard InChI is InChI=1S/C25H24N4O6S2/c1-2-35-25(32)22-16-8-3-4-9-19(16)37-24(22)28-21(31)13-36-23-18(12-26)17(11-20(30)27-23)14-6-5-7-15(10-14)29(33)34/h5-7,10,17H,2-4,8-9,11,13H2,1H3,(H,27,30)(H,28,31). The number of nitrogens with zero attached hydrogens (tertiary/aromatic N) is 2. The molecular formula is C25H24N4O6S2. The molecule has 0 saturated heterocycles. The molecular weight excluding hydrogens is 516 g/mol. The molecule has 2 amide bonds. The molecule has 1 aliphatic heterocycles. The normalized spacial score (nSPS) is 16.9. The van der Waals surface area contributed by atoms with Crippen LogP contribution in [0.1, 0.15) is 58.5 Å². The van der Waals surface area contributed by atoms with Crippen LogP contribution in [0.25, 0.3) is 0 Å². The van der Waals surface area contributed by atoms with E-state index < -0.39 is 22.7 Å². The summed E-state index contributed by atoms with van der Waals surface area (Å²) in [5.41, 5.74) is 1.92. The lowest BCUT2D eigenvalue weighted by Crippen LogP contribution is -2.31. The maximum atomic E-state index is 12.9. The van der Waals surface area contributed by atoms with Crippen molar-refractivity contribution in [1.29, 1.82) is 5.26 Å². The number of carbonyl (C=O) groups is 3. The Bertz CT molecular complexity index is 1340. The van der Waals surface area contributed by atoms with Gasteiger partial charge in [0.2, 0.25) is 11.8 Å². The Kier molecular flexibility index (Phi) is 8.25. The summed E-state index contributed by atoms with van der Waals surface area (Å²) in [6.45, 7) is 1.95. The van der Waals surface area contributed by atoms with Gasteiger partial charge in [0.15, 0.2) is 0 Å². The Balaban J connectivity index is 1.53. The summed E-state index contributed by atoms with van der Waals surface area (Å²) in [5, 5.41) is 27.2. The van der Waals surface area contributed by atoms with Crippen LogP contribution < -0.4 is 10.6 Å². The number of hydrogen-bond acceptors (Lipinski definition) is 9. The number of aryl methyl sites for hydroxylation is 1. The lowest BCUT2D eigenvalue weighted by Gasteiger charge is -2.24. The van der Waals surface area contributed by atoms with Crippen LogP contribution in [0, 0.1) is 21.4 Å². The number of ether oxygens (including phenoxy) is 1. The number of nitro benzene ring substituents is 1. The van der Waals surface area contributed by atoms with Crippen molar-refractivity contribution in [3.8, 4) is 6.07 Å². The third-order valence-electron chi connectivity index (χ3n) is 6.09. The number of amides is 2. The fourth-order valence-electron chi connectivity index (χ4n) is 4.45. The maximum Gasteiger partial charge on any atom is 0.341 e. The van der Waals surface area contributed by atoms with E-state index in [2.05, 4.69) is 16.7 Å². The van der Waals surface area contributed by atoms with E-state index in [1.165, 1.54) is 29.5 Å². The van der Waals surface area contributed by atoms with Crippen molar-refractivity contribution >= 4 is 51.6 Å². The smallest absolute Gasteiger partial charge is 0.341 e. The van der Waals surface area contributed by atoms with Gasteiger partial charge in [-0.05, 0) is 43.7 Å². The molecule has 0 saturated carbocycles. The highest BCUT2D eigenvalue weighted by Gasteiger charge is 2.31. The maximum absolute atomic E-state index is 12.9. The zero-order valence-electron chi connectivity index (χ0n) is 20.0. The van der Waals surface area contributed by atoms with Crippen molar-refractivity contribution in [3.63, 3.8) is 0 Å². The van der Waals surface area contributed by atoms with Gasteiger partial charge in [0, 0.05) is 29.3 Å². The minimum atomic E-state index is -0.663. The van der Waals surface area contributed by atoms with Gasteiger partial charge >= 0.3 is 5.97 Å². The van der Waals surface area contributed by atoms with Crippen molar-refractivity contribution in [3.05, 3.63) is 66.5 Å². The molecule has 1 atom stereocenters. The predicted molar refractivity (Wildman–Crippen MR) is 139 cm³/mol. The number of nitro groups is 1. The molecule has 2 N–H and O–H groups in total. The number of carbonyl (C=O) groups excluding carboxylic acids is 3. The summed E-state index contributed by atoms with van der Waals surface area (Å²) in [6, 6.07) is 7.94. The average Bonchev–Trinajstić information content (AvgIpc) is 3.25. The first kappa shape index (κ1) is 26.4. The van der Waals surface area contributed by atoms with Crippen LogP contribution in [0.5, 0.6) is 0 Å². The summed E-state index contributed by atoms with van der Waals surface area (Å²) in [5.74, 6) is -1.99. The topological polar surface area (TPSA) is 151 Å². The van der Waals surface area contributed by atoms with Gasteiger partial charge in [0.1, 0.15) is 5.00 Å². The first-order valence-corrected chi connectivity index (χ1v) is 13.5. The molecule has 1 aliphatic carbocycles. The van der Waals surface area contributed by atoms with Crippen molar-refractivity contribution in [2.45, 2.75) is 44.9 Å². The van der Waals surface area contributed by atoms with E-state index in [9.17, 15) is 29.8 Å². The van der Waals surface area contributed by atoms with Crippen LogP contribution in [0.2, 0.25) is 0 Å². The quantitative estimate of drug-likeness (QED) is 0.284. The lowest BCUT2D eigenvalue weighted by atomic mass is 9.87. The number of rotatable bonds is 8. The molecule has 10 nitrogen and oxygen atoms in total. The summed E-state index contributed by atoms with van der Waals surface area (Å²) >= 11 is 2.38. The van der Waals surface area contributed by atoms with E-state index in [1.54, 1.807) is 13.0 Å². The molecule has 37 heavy (non-hydrogen) atoms. The van der Waals surface area contributed by atoms with Crippen LogP contribution in [0.3, 0.4) is 0 Å². The highest BCUT2D eigenvalue weighted by atomic mass is 32.2. The van der Waals surface area contributed by atoms with Gasteiger partial charge in [-0.15, -0.1) is 11.3 Å². The van der Waals surface area contributed by atoms with Crippen LogP contribution in [0.15, 0.2) is 34.9 Å². The lowest BCUT2D eigenvalue weighted by molar-refractivity contribution is -0.384. The molecule has 2 heterocycles. The number of anilines is 1. The number of esters is 1. The van der Waals surface area contributed by atoms with Crippen LogP contribution >= 0.6 is 23.1 Å². The molecule has 12 heteroatoms. The SMILES string of the molecule is CCOC(=O)c1c(NC(=O)CSC2=C(C#N)C(c3cccc([N+](=O)[O-])c3)CC(=O)N2)sc2c1CCCC2. The molecule has 1 aromatic carbocycles. The van der Waals surface area contributed by atoms with E-state index in [-0.39, 0.29) is 41.0 Å². The Morgan fingerprint density at radius 2 is 2.14 bits per heavy atom. The third-order valence-corrected chi connectivity index (χ3v) is 8.32. The Hall–Kier alpha value is -3.69. The monoisotopic (exact) mass is 540 g/mol. The molecule has 192 valence electrons. The van der Waals surface area contributed by atoms with Crippen LogP contribution in [-0.4, -0.2) is 35.1 Å². The van der Waals surface area contributed by atoms with E-state index in [0.717, 1.165) is 47.9 Å². The summed E-state index contributed by atoms with van der Waals surface area (Å²) in [7, 11) is 0. The fourth-order valence-corrected chi connectivity index (χ4v) is 6.62. The van der Waals surface area contributed by atoms with Gasteiger partial charge in [0.25, 0.3) is 5.69 Å². The largest absolute Gasteiger partial charge is 0.462 e. The molecule has 1 aromatic heterocycles. The van der Waals surface area contributed by atoms with Crippen molar-refractivity contribution in [2.24, 2.45) is 0 Å². The van der Waals surface area contributed by atoms with Crippen LogP contribution in [0.4, 0.5) is 10.7 Å². The molecule has 4 rings (SSSR count). The highest BCUT2D eigenvalue weighted by molar-refractivity contribution is 8.03. The second-order valence-electron chi connectivity index (χ2n) is 8.48. The Morgan fingerprint density at radius 3 is 2.86 bits per heavy atom. The van der Waals surface area contributed by atoms with Gasteiger partial charge < -0.3 is 15.4 Å². The Morgan fingerprint density at radius 1 is 1.35 bits per heavy atom. The summed E-state index contributed by atoms with van der Waals surface area (Å²) < 4.78 is 5.23. The third kappa shape index (κ3) is 5.84. The predicted octanol–water partition coefficient (Wildman–Crippen LogP) is 4.42. The van der Waals surface area contributed by atoms with Crippen molar-refractivity contribution < 1.29 is 24.0 Å². The first-order chi connectivity index (χ1) is 17.8. The molecule has 1 unspecified atom stereocenters. The number of fused-ring (bicyclic) bond motifs is 1. The summed E-state index contributed by atoms with van der Waals surface area (Å²) in [4.78, 5) is 49.7. The number of non-ortho nitro benzene ring substituents is 1. The Labute approximate surface area is 221 Å². The first-order valence-electron chi connectivity index (χ1n) is 11.7. The van der Waals surface area contributed by atoms with E-state index >= 15 is 0 Å². The van der Waals surface area contributed by atoms with Gasteiger partial charge in [-0.2, -0.15) is 5.26 Å². The van der Waals surface area contributed by atoms with Gasteiger partial charge in [0.05, 0.1) is 39.5 Å². The van der Waals surface area contributed by atoms with E-state index in [0.29, 0.717) is 16.1 Å². The average molecular weight is 541 g/mol. The zero-order valence-corrected chi connectivity index (χ0v) is 21.6. The zero-order chi connectivity index (χ0) is 26.5. The molecule has 0 fully saturated rings.